The summed E-state index contributed by atoms with van der Waals surface area (Å²) in [6.45, 7) is 1.94. The summed E-state index contributed by atoms with van der Waals surface area (Å²) in [5, 5.41) is 10.2. The summed E-state index contributed by atoms with van der Waals surface area (Å²) in [4.78, 5) is 16.1. The molecule has 0 saturated heterocycles. The van der Waals surface area contributed by atoms with E-state index in [1.54, 1.807) is 30.3 Å². The molecule has 122 valence electrons. The molecule has 0 amide bonds. The molecule has 0 radical (unpaired) electrons. The Bertz CT molecular complexity index is 918. The number of esters is 1. The Morgan fingerprint density at radius 3 is 2.75 bits per heavy atom. The van der Waals surface area contributed by atoms with Crippen LogP contribution >= 0.6 is 15.9 Å². The Balaban J connectivity index is 2.18. The highest BCUT2D eigenvalue weighted by molar-refractivity contribution is 9.10. The van der Waals surface area contributed by atoms with Crippen LogP contribution in [0.2, 0.25) is 0 Å². The van der Waals surface area contributed by atoms with Gasteiger partial charge in [0.2, 0.25) is 0 Å². The first-order chi connectivity index (χ1) is 11.5. The summed E-state index contributed by atoms with van der Waals surface area (Å²) in [5.74, 6) is 0.255. The lowest BCUT2D eigenvalue weighted by Gasteiger charge is -2.13. The maximum Gasteiger partial charge on any atom is 0.356 e. The Labute approximate surface area is 147 Å². The summed E-state index contributed by atoms with van der Waals surface area (Å²) in [6.07, 6.45) is 0. The monoisotopic (exact) mass is 386 g/mol. The fraction of sp³-hybridized carbons (Fsp3) is 0.111. The minimum atomic E-state index is -0.492. The molecule has 0 unspecified atom stereocenters. The average molecular weight is 387 g/mol. The van der Waals surface area contributed by atoms with E-state index in [4.69, 9.17) is 4.74 Å². The van der Waals surface area contributed by atoms with E-state index in [0.717, 1.165) is 15.9 Å². The number of benzene rings is 1. The highest BCUT2D eigenvalue weighted by atomic mass is 79.9. The predicted octanol–water partition coefficient (Wildman–Crippen LogP) is 4.10. The average Bonchev–Trinajstić information content (AvgIpc) is 2.97. The lowest BCUT2D eigenvalue weighted by molar-refractivity contribution is 0.0594. The number of ether oxygens (including phenoxy) is 1. The molecule has 24 heavy (non-hydrogen) atoms. The molecule has 0 aliphatic rings. The lowest BCUT2D eigenvalue weighted by atomic mass is 10.1. The van der Waals surface area contributed by atoms with Crippen LogP contribution in [0.25, 0.3) is 17.1 Å². The number of hydrogen-bond acceptors (Lipinski definition) is 4. The molecule has 1 aromatic carbocycles. The number of aromatic hydroxyl groups is 1. The number of aryl methyl sites for hydroxylation is 1. The van der Waals surface area contributed by atoms with Gasteiger partial charge in [-0.25, -0.2) is 9.78 Å². The first kappa shape index (κ1) is 16.3. The van der Waals surface area contributed by atoms with Crippen LogP contribution in [-0.2, 0) is 4.74 Å². The molecule has 3 aromatic rings. The minimum Gasteiger partial charge on any atom is -0.507 e. The minimum absolute atomic E-state index is 0.168. The van der Waals surface area contributed by atoms with Crippen molar-refractivity contribution in [2.45, 2.75) is 6.92 Å². The standard InChI is InChI=1S/C18H15BrN2O3/c1-11-6-8-15(13-10-12(19)7-9-16(13)22)21(11)17-5-3-4-14(20-17)18(23)24-2/h3-10,22H,1-2H3. The second-order valence-corrected chi connectivity index (χ2v) is 6.15. The molecule has 0 aliphatic carbocycles. The molecule has 0 spiro atoms. The van der Waals surface area contributed by atoms with Gasteiger partial charge in [0.05, 0.1) is 12.8 Å². The van der Waals surface area contributed by atoms with Crippen LogP contribution in [0.4, 0.5) is 0 Å². The van der Waals surface area contributed by atoms with Crippen LogP contribution in [0.1, 0.15) is 16.2 Å². The highest BCUT2D eigenvalue weighted by Crippen LogP contribution is 2.34. The zero-order chi connectivity index (χ0) is 17.3. The SMILES string of the molecule is COC(=O)c1cccc(-n2c(C)ccc2-c2cc(Br)ccc2O)n1. The zero-order valence-electron chi connectivity index (χ0n) is 13.2. The number of carbonyl (C=O) groups is 1. The van der Waals surface area contributed by atoms with E-state index in [-0.39, 0.29) is 11.4 Å². The molecule has 2 aromatic heterocycles. The number of nitrogens with zero attached hydrogens (tertiary/aromatic N) is 2. The maximum absolute atomic E-state index is 11.7. The zero-order valence-corrected chi connectivity index (χ0v) is 14.7. The molecule has 5 nitrogen and oxygen atoms in total. The Hall–Kier alpha value is -2.60. The predicted molar refractivity (Wildman–Crippen MR) is 94.4 cm³/mol. The molecule has 1 N–H and O–H groups in total. The van der Waals surface area contributed by atoms with Crippen molar-refractivity contribution in [2.75, 3.05) is 7.11 Å². The van der Waals surface area contributed by atoms with Gasteiger partial charge in [-0.3, -0.25) is 4.57 Å². The number of pyridine rings is 1. The highest BCUT2D eigenvalue weighted by Gasteiger charge is 2.16. The molecule has 3 rings (SSSR count). The van der Waals surface area contributed by atoms with Gasteiger partial charge in [0, 0.05) is 15.7 Å². The van der Waals surface area contributed by atoms with Gasteiger partial charge >= 0.3 is 5.97 Å². The number of phenols is 1. The lowest BCUT2D eigenvalue weighted by Crippen LogP contribution is -2.08. The van der Waals surface area contributed by atoms with E-state index in [1.807, 2.05) is 29.7 Å². The van der Waals surface area contributed by atoms with Crippen molar-refractivity contribution in [3.8, 4) is 22.8 Å². The molecule has 2 heterocycles. The van der Waals surface area contributed by atoms with Gasteiger partial charge in [-0.2, -0.15) is 0 Å². The number of methoxy groups -OCH3 is 1. The smallest absolute Gasteiger partial charge is 0.356 e. The van der Waals surface area contributed by atoms with Gasteiger partial charge in [0.25, 0.3) is 0 Å². The van der Waals surface area contributed by atoms with Crippen LogP contribution in [-0.4, -0.2) is 27.7 Å². The van der Waals surface area contributed by atoms with Crippen LogP contribution in [0.15, 0.2) is 53.0 Å². The number of halogens is 1. The van der Waals surface area contributed by atoms with Gasteiger partial charge in [-0.1, -0.05) is 22.0 Å². The molecular formula is C18H15BrN2O3. The van der Waals surface area contributed by atoms with Crippen molar-refractivity contribution in [1.82, 2.24) is 9.55 Å². The van der Waals surface area contributed by atoms with E-state index >= 15 is 0 Å². The summed E-state index contributed by atoms with van der Waals surface area (Å²) in [7, 11) is 1.32. The van der Waals surface area contributed by atoms with Gasteiger partial charge in [-0.15, -0.1) is 0 Å². The third-order valence-corrected chi connectivity index (χ3v) is 4.16. The van der Waals surface area contributed by atoms with E-state index in [9.17, 15) is 9.90 Å². The number of phenolic OH excluding ortho intramolecular Hbond substituents is 1. The third-order valence-electron chi connectivity index (χ3n) is 3.67. The van der Waals surface area contributed by atoms with Gasteiger partial charge in [0.15, 0.2) is 5.69 Å². The summed E-state index contributed by atoms with van der Waals surface area (Å²) >= 11 is 3.42. The molecule has 0 bridgehead atoms. The number of carbonyl (C=O) groups excluding carboxylic acids is 1. The van der Waals surface area contributed by atoms with E-state index < -0.39 is 5.97 Å². The van der Waals surface area contributed by atoms with E-state index in [0.29, 0.717) is 11.4 Å². The second-order valence-electron chi connectivity index (χ2n) is 5.23. The molecule has 0 saturated carbocycles. The van der Waals surface area contributed by atoms with Crippen molar-refractivity contribution >= 4 is 21.9 Å². The normalized spacial score (nSPS) is 10.6. The summed E-state index contributed by atoms with van der Waals surface area (Å²) in [6, 6.07) is 14.2. The fourth-order valence-corrected chi connectivity index (χ4v) is 2.89. The first-order valence-corrected chi connectivity index (χ1v) is 8.03. The third kappa shape index (κ3) is 2.92. The van der Waals surface area contributed by atoms with Crippen LogP contribution < -0.4 is 0 Å². The van der Waals surface area contributed by atoms with Crippen molar-refractivity contribution in [3.63, 3.8) is 0 Å². The Kier molecular flexibility index (Phi) is 4.40. The van der Waals surface area contributed by atoms with E-state index in [2.05, 4.69) is 20.9 Å². The quantitative estimate of drug-likeness (QED) is 0.688. The van der Waals surface area contributed by atoms with Crippen LogP contribution in [0.3, 0.4) is 0 Å². The maximum atomic E-state index is 11.7. The van der Waals surface area contributed by atoms with Gasteiger partial charge in [-0.05, 0) is 49.4 Å². The van der Waals surface area contributed by atoms with E-state index in [1.165, 1.54) is 7.11 Å². The Morgan fingerprint density at radius 1 is 1.21 bits per heavy atom. The number of rotatable bonds is 3. The molecule has 0 aliphatic heterocycles. The van der Waals surface area contributed by atoms with Gasteiger partial charge < -0.3 is 9.84 Å². The molecule has 6 heteroatoms. The second kappa shape index (κ2) is 6.49. The van der Waals surface area contributed by atoms with Crippen molar-refractivity contribution < 1.29 is 14.6 Å². The van der Waals surface area contributed by atoms with Crippen molar-refractivity contribution in [2.24, 2.45) is 0 Å². The molecule has 0 atom stereocenters. The summed E-state index contributed by atoms with van der Waals surface area (Å²) < 4.78 is 7.47. The van der Waals surface area contributed by atoms with Crippen molar-refractivity contribution in [1.29, 1.82) is 0 Å². The first-order valence-electron chi connectivity index (χ1n) is 7.24. The Morgan fingerprint density at radius 2 is 2.00 bits per heavy atom. The fourth-order valence-electron chi connectivity index (χ4n) is 2.53. The van der Waals surface area contributed by atoms with Gasteiger partial charge in [0.1, 0.15) is 11.6 Å². The largest absolute Gasteiger partial charge is 0.507 e. The number of aromatic nitrogens is 2. The van der Waals surface area contributed by atoms with Crippen LogP contribution in [0.5, 0.6) is 5.75 Å². The topological polar surface area (TPSA) is 64.3 Å². The number of hydrogen-bond donors (Lipinski definition) is 1. The molecule has 0 fully saturated rings. The summed E-state index contributed by atoms with van der Waals surface area (Å²) in [5.41, 5.74) is 2.61. The van der Waals surface area contributed by atoms with Crippen LogP contribution in [0, 0.1) is 6.92 Å². The van der Waals surface area contributed by atoms with Crippen molar-refractivity contribution in [3.05, 3.63) is 64.4 Å². The molecular weight excluding hydrogens is 372 g/mol.